The highest BCUT2D eigenvalue weighted by molar-refractivity contribution is 5.92. The van der Waals surface area contributed by atoms with Gasteiger partial charge in [0.2, 0.25) is 5.82 Å². The van der Waals surface area contributed by atoms with Gasteiger partial charge < -0.3 is 10.1 Å². The monoisotopic (exact) mass is 281 g/mol. The van der Waals surface area contributed by atoms with Crippen molar-refractivity contribution in [3.63, 3.8) is 0 Å². The Morgan fingerprint density at radius 1 is 1.50 bits per heavy atom. The normalized spacial score (nSPS) is 10.4. The first-order chi connectivity index (χ1) is 9.44. The summed E-state index contributed by atoms with van der Waals surface area (Å²) in [7, 11) is 1.23. The molecule has 0 aromatic carbocycles. The summed E-state index contributed by atoms with van der Waals surface area (Å²) >= 11 is 0. The predicted molar refractivity (Wildman–Crippen MR) is 75.0 cm³/mol. The second kappa shape index (κ2) is 6.83. The molecule has 0 aliphatic heterocycles. The fourth-order valence-corrected chi connectivity index (χ4v) is 1.84. The topological polar surface area (TPSA) is 94.4 Å². The predicted octanol–water partition coefficient (Wildman–Crippen LogP) is 2.69. The van der Waals surface area contributed by atoms with Crippen LogP contribution in [0.15, 0.2) is 6.07 Å². The largest absolute Gasteiger partial charge is 0.465 e. The Labute approximate surface area is 117 Å². The number of carbonyl (C=O) groups is 1. The molecular weight excluding hydrogens is 262 g/mol. The molecule has 0 aliphatic carbocycles. The number of aromatic nitrogens is 1. The van der Waals surface area contributed by atoms with Crippen molar-refractivity contribution in [3.05, 3.63) is 27.4 Å². The van der Waals surface area contributed by atoms with Crippen molar-refractivity contribution in [2.24, 2.45) is 0 Å². The smallest absolute Gasteiger partial charge is 0.339 e. The van der Waals surface area contributed by atoms with Crippen LogP contribution < -0.4 is 5.32 Å². The number of hydrogen-bond donors (Lipinski definition) is 1. The number of nitrogens with one attached hydrogen (secondary N) is 1. The summed E-state index contributed by atoms with van der Waals surface area (Å²) in [5, 5.41) is 14.2. The molecule has 0 aliphatic rings. The second-order valence-corrected chi connectivity index (χ2v) is 4.40. The minimum atomic E-state index is -0.632. The van der Waals surface area contributed by atoms with Gasteiger partial charge in [-0.15, -0.1) is 0 Å². The molecular formula is C13H19N3O4. The molecule has 7 heteroatoms. The molecule has 0 saturated heterocycles. The Morgan fingerprint density at radius 3 is 2.55 bits per heavy atom. The number of aryl methyl sites for hydroxylation is 1. The third-order valence-corrected chi connectivity index (χ3v) is 3.12. The van der Waals surface area contributed by atoms with Gasteiger partial charge in [0.05, 0.1) is 23.3 Å². The quantitative estimate of drug-likeness (QED) is 0.489. The van der Waals surface area contributed by atoms with Gasteiger partial charge in [-0.25, -0.2) is 9.78 Å². The van der Waals surface area contributed by atoms with E-state index in [9.17, 15) is 14.9 Å². The zero-order chi connectivity index (χ0) is 15.3. The van der Waals surface area contributed by atoms with Crippen LogP contribution in [0.1, 0.15) is 42.7 Å². The van der Waals surface area contributed by atoms with E-state index in [4.69, 9.17) is 0 Å². The number of hydrogen-bond acceptors (Lipinski definition) is 6. The van der Waals surface area contributed by atoms with Crippen LogP contribution >= 0.6 is 0 Å². The van der Waals surface area contributed by atoms with Crippen LogP contribution in [0.2, 0.25) is 0 Å². The maximum Gasteiger partial charge on any atom is 0.339 e. The van der Waals surface area contributed by atoms with E-state index in [1.807, 2.05) is 13.8 Å². The first-order valence-electron chi connectivity index (χ1n) is 6.45. The van der Waals surface area contributed by atoms with E-state index in [1.165, 1.54) is 13.2 Å². The third-order valence-electron chi connectivity index (χ3n) is 3.12. The van der Waals surface area contributed by atoms with Crippen LogP contribution in [-0.4, -0.2) is 29.0 Å². The summed E-state index contributed by atoms with van der Waals surface area (Å²) in [5.74, 6) is -0.443. The van der Waals surface area contributed by atoms with Crippen molar-refractivity contribution < 1.29 is 14.5 Å². The van der Waals surface area contributed by atoms with Crippen molar-refractivity contribution in [1.82, 2.24) is 4.98 Å². The number of nitrogens with zero attached hydrogens (tertiary/aromatic N) is 2. The SMILES string of the molecule is CCC(CC)Nc1nc(C)c(C(=O)OC)cc1[N+](=O)[O-]. The molecule has 20 heavy (non-hydrogen) atoms. The molecule has 0 fully saturated rings. The zero-order valence-corrected chi connectivity index (χ0v) is 12.1. The summed E-state index contributed by atoms with van der Waals surface area (Å²) in [6.45, 7) is 5.60. The van der Waals surface area contributed by atoms with Crippen molar-refractivity contribution in [1.29, 1.82) is 0 Å². The van der Waals surface area contributed by atoms with Gasteiger partial charge in [-0.2, -0.15) is 0 Å². The van der Waals surface area contributed by atoms with Crippen LogP contribution in [0.4, 0.5) is 11.5 Å². The van der Waals surface area contributed by atoms with E-state index in [1.54, 1.807) is 6.92 Å². The van der Waals surface area contributed by atoms with E-state index in [0.29, 0.717) is 5.69 Å². The summed E-state index contributed by atoms with van der Waals surface area (Å²) in [5.41, 5.74) is 0.285. The van der Waals surface area contributed by atoms with Crippen LogP contribution in [0.3, 0.4) is 0 Å². The first kappa shape index (κ1) is 15.9. The van der Waals surface area contributed by atoms with Crippen LogP contribution in [0, 0.1) is 17.0 Å². The first-order valence-corrected chi connectivity index (χ1v) is 6.45. The molecule has 0 radical (unpaired) electrons. The number of esters is 1. The number of carbonyl (C=O) groups excluding carboxylic acids is 1. The summed E-state index contributed by atoms with van der Waals surface area (Å²) in [4.78, 5) is 26.3. The van der Waals surface area contributed by atoms with Gasteiger partial charge in [-0.05, 0) is 19.8 Å². The molecule has 1 aromatic heterocycles. The fourth-order valence-electron chi connectivity index (χ4n) is 1.84. The zero-order valence-electron chi connectivity index (χ0n) is 12.1. The average Bonchev–Trinajstić information content (AvgIpc) is 2.43. The van der Waals surface area contributed by atoms with Gasteiger partial charge in [0.25, 0.3) is 0 Å². The van der Waals surface area contributed by atoms with Crippen molar-refractivity contribution in [2.45, 2.75) is 39.7 Å². The molecule has 1 N–H and O–H groups in total. The van der Waals surface area contributed by atoms with Gasteiger partial charge in [0.1, 0.15) is 0 Å². The number of nitro groups is 1. The highest BCUT2D eigenvalue weighted by Gasteiger charge is 2.23. The second-order valence-electron chi connectivity index (χ2n) is 4.40. The molecule has 0 unspecified atom stereocenters. The average molecular weight is 281 g/mol. The van der Waals surface area contributed by atoms with Gasteiger partial charge in [0.15, 0.2) is 0 Å². The molecule has 0 saturated carbocycles. The highest BCUT2D eigenvalue weighted by Crippen LogP contribution is 2.26. The summed E-state index contributed by atoms with van der Waals surface area (Å²) in [6, 6.07) is 1.31. The highest BCUT2D eigenvalue weighted by atomic mass is 16.6. The number of anilines is 1. The Bertz CT molecular complexity index is 513. The van der Waals surface area contributed by atoms with Crippen LogP contribution in [0.5, 0.6) is 0 Å². The van der Waals surface area contributed by atoms with Gasteiger partial charge in [0, 0.05) is 12.1 Å². The van der Waals surface area contributed by atoms with E-state index in [0.717, 1.165) is 12.8 Å². The van der Waals surface area contributed by atoms with E-state index < -0.39 is 10.9 Å². The lowest BCUT2D eigenvalue weighted by Crippen LogP contribution is -2.20. The van der Waals surface area contributed by atoms with Gasteiger partial charge in [-0.3, -0.25) is 10.1 Å². The standard InChI is InChI=1S/C13H19N3O4/c1-5-9(6-2)15-12-11(16(18)19)7-10(8(3)14-12)13(17)20-4/h7,9H,5-6H2,1-4H3,(H,14,15). The molecule has 7 nitrogen and oxygen atoms in total. The number of rotatable bonds is 6. The molecule has 110 valence electrons. The Balaban J connectivity index is 3.27. The number of methoxy groups -OCH3 is 1. The number of pyridine rings is 1. The minimum Gasteiger partial charge on any atom is -0.465 e. The molecule has 1 aromatic rings. The lowest BCUT2D eigenvalue weighted by atomic mass is 10.1. The van der Waals surface area contributed by atoms with Crippen LogP contribution in [0.25, 0.3) is 0 Å². The molecule has 1 heterocycles. The molecule has 0 spiro atoms. The Morgan fingerprint density at radius 2 is 2.10 bits per heavy atom. The Kier molecular flexibility index (Phi) is 5.42. The van der Waals surface area contributed by atoms with E-state index >= 15 is 0 Å². The molecule has 0 amide bonds. The third kappa shape index (κ3) is 3.43. The minimum absolute atomic E-state index is 0.101. The van der Waals surface area contributed by atoms with E-state index in [2.05, 4.69) is 15.0 Å². The lowest BCUT2D eigenvalue weighted by molar-refractivity contribution is -0.384. The van der Waals surface area contributed by atoms with Crippen molar-refractivity contribution in [2.75, 3.05) is 12.4 Å². The van der Waals surface area contributed by atoms with Crippen molar-refractivity contribution in [3.8, 4) is 0 Å². The fraction of sp³-hybridized carbons (Fsp3) is 0.538. The Hall–Kier alpha value is -2.18. The number of ether oxygens (including phenoxy) is 1. The summed E-state index contributed by atoms with van der Waals surface area (Å²) in [6.07, 6.45) is 1.65. The molecule has 0 atom stereocenters. The van der Waals surface area contributed by atoms with Gasteiger partial charge >= 0.3 is 11.7 Å². The van der Waals surface area contributed by atoms with E-state index in [-0.39, 0.29) is 23.1 Å². The van der Waals surface area contributed by atoms with Crippen molar-refractivity contribution >= 4 is 17.5 Å². The van der Waals surface area contributed by atoms with Gasteiger partial charge in [-0.1, -0.05) is 13.8 Å². The maximum atomic E-state index is 11.5. The van der Waals surface area contributed by atoms with Crippen LogP contribution in [-0.2, 0) is 4.74 Å². The maximum absolute atomic E-state index is 11.5. The molecule has 0 bridgehead atoms. The lowest BCUT2D eigenvalue weighted by Gasteiger charge is -2.16. The summed E-state index contributed by atoms with van der Waals surface area (Å²) < 4.78 is 4.59. The molecule has 1 rings (SSSR count).